The number of halogens is 1. The van der Waals surface area contributed by atoms with Gasteiger partial charge in [-0.15, -0.1) is 10.2 Å². The van der Waals surface area contributed by atoms with Crippen molar-refractivity contribution >= 4 is 35.0 Å². The van der Waals surface area contributed by atoms with Crippen molar-refractivity contribution in [2.45, 2.75) is 24.2 Å². The molecule has 5 aromatic rings. The van der Waals surface area contributed by atoms with Crippen LogP contribution < -0.4 is 14.8 Å². The van der Waals surface area contributed by atoms with Gasteiger partial charge in [0.2, 0.25) is 0 Å². The highest BCUT2D eigenvalue weighted by atomic mass is 32.2. The zero-order valence-corrected chi connectivity index (χ0v) is 27.7. The number of amides is 2. The number of ether oxygens (including phenoxy) is 2. The Morgan fingerprint density at radius 1 is 0.960 bits per heavy atom. The maximum absolute atomic E-state index is 13.9. The molecule has 2 amide bonds. The average molecular weight is 696 g/mol. The Labute approximate surface area is 289 Å². The first kappa shape index (κ1) is 33.8. The van der Waals surface area contributed by atoms with E-state index in [1.165, 1.54) is 48.5 Å². The first-order chi connectivity index (χ1) is 24.2. The molecular formula is C35H30FN7O6S. The summed E-state index contributed by atoms with van der Waals surface area (Å²) in [6, 6.07) is 25.4. The topological polar surface area (TPSA) is 154 Å². The number of carbonyl (C=O) groups is 2. The summed E-state index contributed by atoms with van der Waals surface area (Å²) < 4.78 is 26.0. The van der Waals surface area contributed by atoms with Crippen molar-refractivity contribution in [2.24, 2.45) is 5.10 Å². The summed E-state index contributed by atoms with van der Waals surface area (Å²) in [6.45, 7) is -0.0519. The molecule has 13 nitrogen and oxygen atoms in total. The molecule has 0 bridgehead atoms. The maximum atomic E-state index is 13.9. The van der Waals surface area contributed by atoms with Crippen LogP contribution in [0.2, 0.25) is 0 Å². The monoisotopic (exact) mass is 695 g/mol. The van der Waals surface area contributed by atoms with Gasteiger partial charge in [0.1, 0.15) is 17.3 Å². The number of thioether (sulfide) groups is 1. The van der Waals surface area contributed by atoms with E-state index >= 15 is 0 Å². The molecule has 254 valence electrons. The van der Waals surface area contributed by atoms with Crippen LogP contribution in [-0.2, 0) is 11.3 Å². The summed E-state index contributed by atoms with van der Waals surface area (Å²) in [5.41, 5.74) is 2.93. The molecule has 1 N–H and O–H groups in total. The van der Waals surface area contributed by atoms with Crippen molar-refractivity contribution in [3.8, 4) is 17.2 Å². The van der Waals surface area contributed by atoms with E-state index < -0.39 is 22.7 Å². The Morgan fingerprint density at radius 3 is 2.36 bits per heavy atom. The Bertz CT molecular complexity index is 2050. The molecule has 1 aliphatic heterocycles. The zero-order chi connectivity index (χ0) is 35.2. The van der Waals surface area contributed by atoms with E-state index in [-0.39, 0.29) is 23.9 Å². The van der Waals surface area contributed by atoms with Crippen LogP contribution in [-0.4, -0.2) is 62.2 Å². The lowest BCUT2D eigenvalue weighted by atomic mass is 9.98. The van der Waals surface area contributed by atoms with E-state index in [1.54, 1.807) is 48.1 Å². The highest BCUT2D eigenvalue weighted by Crippen LogP contribution is 2.34. The van der Waals surface area contributed by atoms with Crippen LogP contribution in [0.5, 0.6) is 11.5 Å². The number of carbonyl (C=O) groups excluding carboxylic acids is 2. The van der Waals surface area contributed by atoms with E-state index in [1.807, 2.05) is 24.3 Å². The standard InChI is InChI=1S/C35H30FN7O6S/c1-48-27-17-9-22(10-18-27)29-19-30(23-7-11-24(36)12-8-23)42(40-29)33(44)21-50-35-39-38-32(41(35)25-13-15-26(16-14-25)43(46)47)20-37-34(45)28-5-3-4-6-31(28)49-2/h3-18,30H,19-21H2,1-2H3,(H,37,45)/t30-/m1/s1. The van der Waals surface area contributed by atoms with Gasteiger partial charge in [0.15, 0.2) is 11.0 Å². The fraction of sp³-hybridized carbons (Fsp3) is 0.171. The van der Waals surface area contributed by atoms with Crippen molar-refractivity contribution in [1.82, 2.24) is 25.1 Å². The van der Waals surface area contributed by atoms with Crippen LogP contribution in [0.4, 0.5) is 10.1 Å². The number of hydrogen-bond donors (Lipinski definition) is 1. The zero-order valence-electron chi connectivity index (χ0n) is 26.9. The second kappa shape index (κ2) is 15.0. The summed E-state index contributed by atoms with van der Waals surface area (Å²) in [5.74, 6) is 0.168. The van der Waals surface area contributed by atoms with Crippen LogP contribution in [0.25, 0.3) is 5.69 Å². The molecule has 6 rings (SSSR count). The summed E-state index contributed by atoms with van der Waals surface area (Å²) in [6.07, 6.45) is 0.406. The number of nitrogens with zero attached hydrogens (tertiary/aromatic N) is 6. The molecule has 0 radical (unpaired) electrons. The number of para-hydroxylation sites is 1. The molecule has 0 spiro atoms. The Morgan fingerprint density at radius 2 is 1.68 bits per heavy atom. The number of hydrogen-bond acceptors (Lipinski definition) is 10. The molecule has 0 saturated carbocycles. The lowest BCUT2D eigenvalue weighted by molar-refractivity contribution is -0.384. The lowest BCUT2D eigenvalue weighted by Crippen LogP contribution is -2.28. The number of nitro benzene ring substituents is 1. The Balaban J connectivity index is 1.26. The van der Waals surface area contributed by atoms with Crippen LogP contribution in [0.3, 0.4) is 0 Å². The number of methoxy groups -OCH3 is 2. The Hall–Kier alpha value is -6.09. The predicted molar refractivity (Wildman–Crippen MR) is 183 cm³/mol. The minimum Gasteiger partial charge on any atom is -0.497 e. The van der Waals surface area contributed by atoms with E-state index in [9.17, 15) is 24.1 Å². The molecule has 1 atom stereocenters. The van der Waals surface area contributed by atoms with Crippen LogP contribution in [0.1, 0.15) is 39.8 Å². The molecule has 0 saturated heterocycles. The number of nitrogens with one attached hydrogen (secondary N) is 1. The average Bonchev–Trinajstić information content (AvgIpc) is 3.78. The Kier molecular flexibility index (Phi) is 10.1. The molecule has 0 unspecified atom stereocenters. The number of aromatic nitrogens is 3. The number of hydrazone groups is 1. The fourth-order valence-electron chi connectivity index (χ4n) is 5.41. The molecule has 1 aromatic heterocycles. The van der Waals surface area contributed by atoms with E-state index in [0.29, 0.717) is 45.9 Å². The first-order valence-electron chi connectivity index (χ1n) is 15.3. The molecule has 2 heterocycles. The van der Waals surface area contributed by atoms with Crippen molar-refractivity contribution < 1.29 is 28.4 Å². The number of benzene rings is 4. The molecule has 15 heteroatoms. The van der Waals surface area contributed by atoms with E-state index in [2.05, 4.69) is 15.5 Å². The molecule has 0 aliphatic carbocycles. The van der Waals surface area contributed by atoms with Crippen LogP contribution >= 0.6 is 11.8 Å². The maximum Gasteiger partial charge on any atom is 0.269 e. The summed E-state index contributed by atoms with van der Waals surface area (Å²) in [4.78, 5) is 37.7. The smallest absolute Gasteiger partial charge is 0.269 e. The second-order valence-corrected chi connectivity index (χ2v) is 11.9. The summed E-state index contributed by atoms with van der Waals surface area (Å²) in [5, 5.41) is 29.1. The van der Waals surface area contributed by atoms with Crippen molar-refractivity contribution in [3.63, 3.8) is 0 Å². The van der Waals surface area contributed by atoms with Crippen molar-refractivity contribution in [1.29, 1.82) is 0 Å². The summed E-state index contributed by atoms with van der Waals surface area (Å²) >= 11 is 1.09. The van der Waals surface area contributed by atoms with Gasteiger partial charge in [-0.25, -0.2) is 9.40 Å². The largest absolute Gasteiger partial charge is 0.497 e. The lowest BCUT2D eigenvalue weighted by Gasteiger charge is -2.22. The second-order valence-electron chi connectivity index (χ2n) is 11.0. The molecule has 1 aliphatic rings. The molecular weight excluding hydrogens is 665 g/mol. The SMILES string of the molecule is COc1ccc(C2=NN(C(=O)CSc3nnc(CNC(=O)c4ccccc4OC)n3-c3ccc([N+](=O)[O-])cc3)[C@@H](c3ccc(F)cc3)C2)cc1. The van der Waals surface area contributed by atoms with Gasteiger partial charge < -0.3 is 14.8 Å². The van der Waals surface area contributed by atoms with Gasteiger partial charge in [-0.1, -0.05) is 36.0 Å². The summed E-state index contributed by atoms with van der Waals surface area (Å²) in [7, 11) is 3.05. The predicted octanol–water partition coefficient (Wildman–Crippen LogP) is 5.73. The molecule has 50 heavy (non-hydrogen) atoms. The third-order valence-electron chi connectivity index (χ3n) is 7.95. The van der Waals surface area contributed by atoms with Gasteiger partial charge in [0.25, 0.3) is 17.5 Å². The molecule has 4 aromatic carbocycles. The van der Waals surface area contributed by atoms with Gasteiger partial charge in [-0.05, 0) is 71.8 Å². The number of nitro groups is 1. The minimum atomic E-state index is -0.507. The van der Waals surface area contributed by atoms with Gasteiger partial charge >= 0.3 is 0 Å². The van der Waals surface area contributed by atoms with Gasteiger partial charge in [0.05, 0.1) is 48.8 Å². The number of non-ortho nitro benzene ring substituents is 1. The third-order valence-corrected chi connectivity index (χ3v) is 8.86. The van der Waals surface area contributed by atoms with Crippen molar-refractivity contribution in [3.05, 3.63) is 136 Å². The van der Waals surface area contributed by atoms with Gasteiger partial charge in [-0.3, -0.25) is 24.3 Å². The number of rotatable bonds is 12. The normalized spacial score (nSPS) is 13.9. The fourth-order valence-corrected chi connectivity index (χ4v) is 6.24. The van der Waals surface area contributed by atoms with Crippen LogP contribution in [0.15, 0.2) is 107 Å². The first-order valence-corrected chi connectivity index (χ1v) is 16.3. The highest BCUT2D eigenvalue weighted by Gasteiger charge is 2.33. The van der Waals surface area contributed by atoms with Crippen LogP contribution in [0, 0.1) is 15.9 Å². The minimum absolute atomic E-state index is 0.0519. The third kappa shape index (κ3) is 7.32. The van der Waals surface area contributed by atoms with Gasteiger partial charge in [-0.2, -0.15) is 5.10 Å². The molecule has 0 fully saturated rings. The van der Waals surface area contributed by atoms with Gasteiger partial charge in [0, 0.05) is 24.2 Å². The highest BCUT2D eigenvalue weighted by molar-refractivity contribution is 7.99. The van der Waals surface area contributed by atoms with Crippen molar-refractivity contribution in [2.75, 3.05) is 20.0 Å². The van der Waals surface area contributed by atoms with E-state index in [4.69, 9.17) is 14.6 Å². The quantitative estimate of drug-likeness (QED) is 0.0979. The van der Waals surface area contributed by atoms with E-state index in [0.717, 1.165) is 22.9 Å².